The van der Waals surface area contributed by atoms with Crippen LogP contribution < -0.4 is 4.89 Å². The monoisotopic (exact) mass is 639 g/mol. The Hall–Kier alpha value is -1.07. The molecule has 0 aliphatic rings. The van der Waals surface area contributed by atoms with Gasteiger partial charge >= 0.3 is 11.9 Å². The van der Waals surface area contributed by atoms with E-state index in [0.29, 0.717) is 17.4 Å². The van der Waals surface area contributed by atoms with Gasteiger partial charge in [0.1, 0.15) is 19.3 Å². The van der Waals surface area contributed by atoms with Crippen LogP contribution in [0.25, 0.3) is 0 Å². The van der Waals surface area contributed by atoms with Crippen molar-refractivity contribution in [2.45, 2.75) is 135 Å². The fourth-order valence-corrected chi connectivity index (χ4v) is 5.28. The van der Waals surface area contributed by atoms with Gasteiger partial charge in [-0.15, -0.1) is 0 Å². The minimum atomic E-state index is -4.72. The third-order valence-corrected chi connectivity index (χ3v) is 8.16. The van der Waals surface area contributed by atoms with E-state index in [-0.39, 0.29) is 26.1 Å². The lowest BCUT2D eigenvalue weighted by Crippen LogP contribution is -2.38. The van der Waals surface area contributed by atoms with Crippen LogP contribution in [0, 0.1) is 0 Å². The van der Waals surface area contributed by atoms with Gasteiger partial charge in [0.05, 0.1) is 41.0 Å². The van der Waals surface area contributed by atoms with E-state index in [9.17, 15) is 24.2 Å². The highest BCUT2D eigenvalue weighted by Gasteiger charge is 2.26. The number of esters is 1. The van der Waals surface area contributed by atoms with Crippen LogP contribution in [-0.2, 0) is 32.7 Å². The summed E-state index contributed by atoms with van der Waals surface area (Å²) in [6.07, 6.45) is 16.8. The summed E-state index contributed by atoms with van der Waals surface area (Å²) in [6.45, 7) is 1.60. The zero-order valence-corrected chi connectivity index (χ0v) is 28.4. The Bertz CT molecular complexity index is 747. The van der Waals surface area contributed by atoms with Crippen molar-refractivity contribution in [3.05, 3.63) is 0 Å². The molecule has 12 heteroatoms. The molecule has 0 spiro atoms. The Morgan fingerprint density at radius 3 is 1.74 bits per heavy atom. The first kappa shape index (κ1) is 41.9. The largest absolute Gasteiger partial charge is 0.756 e. The summed E-state index contributed by atoms with van der Waals surface area (Å²) in [5.41, 5.74) is 0. The topological polar surface area (TPSA) is 152 Å². The first-order valence-corrected chi connectivity index (χ1v) is 17.9. The van der Waals surface area contributed by atoms with Crippen molar-refractivity contribution in [1.29, 1.82) is 0 Å². The maximum atomic E-state index is 12.6. The molecule has 0 saturated carbocycles. The summed E-state index contributed by atoms with van der Waals surface area (Å²) < 4.78 is 33.1. The van der Waals surface area contributed by atoms with Crippen molar-refractivity contribution in [3.63, 3.8) is 0 Å². The molecule has 0 aromatic heterocycles. The van der Waals surface area contributed by atoms with Crippen LogP contribution in [0.15, 0.2) is 0 Å². The van der Waals surface area contributed by atoms with Gasteiger partial charge in [0.25, 0.3) is 7.82 Å². The van der Waals surface area contributed by atoms with Crippen molar-refractivity contribution in [2.75, 3.05) is 54.1 Å². The predicted octanol–water partition coefficient (Wildman–Crippen LogP) is 5.61. The van der Waals surface area contributed by atoms with Crippen LogP contribution in [0.4, 0.5) is 0 Å². The van der Waals surface area contributed by atoms with E-state index in [2.05, 4.69) is 6.92 Å². The summed E-state index contributed by atoms with van der Waals surface area (Å²) in [6, 6.07) is 0. The quantitative estimate of drug-likeness (QED) is 0.0424. The number of hydrogen-bond donors (Lipinski definition) is 2. The molecule has 3 atom stereocenters. The molecule has 0 aliphatic heterocycles. The molecule has 0 fully saturated rings. The predicted molar refractivity (Wildman–Crippen MR) is 166 cm³/mol. The first-order valence-electron chi connectivity index (χ1n) is 16.5. The molecule has 0 bridgehead atoms. The molecule has 2 N–H and O–H groups in total. The fraction of sp³-hybridized carbons (Fsp3) is 0.935. The van der Waals surface area contributed by atoms with Crippen LogP contribution in [0.3, 0.4) is 0 Å². The fourth-order valence-electron chi connectivity index (χ4n) is 4.42. The molecular formula is C31H62NO10P. The Labute approximate surface area is 260 Å². The van der Waals surface area contributed by atoms with E-state index < -0.39 is 45.2 Å². The number of unbranched alkanes of at least 4 members (excludes halogenated alkanes) is 15. The van der Waals surface area contributed by atoms with E-state index in [0.717, 1.165) is 19.3 Å². The zero-order chi connectivity index (χ0) is 32.4. The molecule has 0 saturated heterocycles. The number of phosphoric ester groups is 1. The van der Waals surface area contributed by atoms with E-state index in [1.54, 1.807) is 0 Å². The van der Waals surface area contributed by atoms with Crippen LogP contribution in [0.2, 0.25) is 0 Å². The van der Waals surface area contributed by atoms with Crippen molar-refractivity contribution in [2.24, 2.45) is 0 Å². The van der Waals surface area contributed by atoms with Gasteiger partial charge < -0.3 is 38.1 Å². The number of aliphatic hydroxyl groups excluding tert-OH is 1. The summed E-state index contributed by atoms with van der Waals surface area (Å²) in [5.74, 6) is -1.83. The number of phosphoric acid groups is 1. The second-order valence-electron chi connectivity index (χ2n) is 12.4. The number of carbonyl (C=O) groups excluding carboxylic acids is 1. The average molecular weight is 640 g/mol. The maximum absolute atomic E-state index is 12.6. The summed E-state index contributed by atoms with van der Waals surface area (Å²) in [5, 5.41) is 18.6. The second kappa shape index (κ2) is 26.2. The number of ether oxygens (including phenoxy) is 2. The Morgan fingerprint density at radius 2 is 1.30 bits per heavy atom. The number of carboxylic acid groups (broad SMARTS) is 1. The first-order chi connectivity index (χ1) is 20.4. The lowest BCUT2D eigenvalue weighted by Gasteiger charge is -2.29. The van der Waals surface area contributed by atoms with E-state index in [1.165, 1.54) is 77.0 Å². The average Bonchev–Trinajstić information content (AvgIpc) is 2.92. The maximum Gasteiger partial charge on any atom is 0.335 e. The molecule has 11 nitrogen and oxygen atoms in total. The lowest BCUT2D eigenvalue weighted by molar-refractivity contribution is -0.870. The zero-order valence-electron chi connectivity index (χ0n) is 27.5. The van der Waals surface area contributed by atoms with Crippen molar-refractivity contribution in [3.8, 4) is 0 Å². The number of carbonyl (C=O) groups is 2. The summed E-state index contributed by atoms with van der Waals surface area (Å²) >= 11 is 0. The molecule has 43 heavy (non-hydrogen) atoms. The third kappa shape index (κ3) is 28.2. The van der Waals surface area contributed by atoms with Gasteiger partial charge in [-0.05, 0) is 12.8 Å². The number of rotatable bonds is 31. The molecule has 0 amide bonds. The highest BCUT2D eigenvalue weighted by molar-refractivity contribution is 7.45. The van der Waals surface area contributed by atoms with Gasteiger partial charge in [0, 0.05) is 6.42 Å². The highest BCUT2D eigenvalue weighted by atomic mass is 31.2. The van der Waals surface area contributed by atoms with E-state index in [4.69, 9.17) is 23.6 Å². The summed E-state index contributed by atoms with van der Waals surface area (Å²) in [4.78, 5) is 35.7. The summed E-state index contributed by atoms with van der Waals surface area (Å²) in [7, 11) is 0.904. The Balaban J connectivity index is 4.17. The van der Waals surface area contributed by atoms with Gasteiger partial charge in [0.2, 0.25) is 0 Å². The minimum Gasteiger partial charge on any atom is -0.756 e. The Morgan fingerprint density at radius 1 is 0.814 bits per heavy atom. The Kier molecular flexibility index (Phi) is 25.5. The van der Waals surface area contributed by atoms with Gasteiger partial charge in [-0.3, -0.25) is 9.36 Å². The normalized spacial score (nSPS) is 14.7. The SMILES string of the molecule is CCCCCCCCCCCCCCCCCCOC(=O)C(CCC(=O)O)OC[C@H](CO)OP(=O)([O-])OCC[N+](C)(C)C. The van der Waals surface area contributed by atoms with Crippen LogP contribution in [0.1, 0.15) is 122 Å². The number of carboxylic acids is 1. The van der Waals surface area contributed by atoms with E-state index >= 15 is 0 Å². The molecule has 0 aromatic rings. The van der Waals surface area contributed by atoms with Crippen LogP contribution in [-0.4, -0.2) is 93.0 Å². The van der Waals surface area contributed by atoms with Crippen molar-refractivity contribution in [1.82, 2.24) is 0 Å². The van der Waals surface area contributed by atoms with Crippen molar-refractivity contribution < 1.29 is 52.3 Å². The standard InChI is InChI=1S/C31H62NO10P/c1-5-6-7-8-9-10-11-12-13-14-15-16-17-18-19-20-24-39-31(36)29(21-22-30(34)35)40-27-28(26-33)42-43(37,38)41-25-23-32(2,3)4/h28-29,33H,5-27H2,1-4H3,(H-,34,35,37,38)/t28-,29?/m0/s1. The third-order valence-electron chi connectivity index (χ3n) is 7.10. The molecule has 0 aromatic carbocycles. The number of hydrogen-bond acceptors (Lipinski definition) is 9. The van der Waals surface area contributed by atoms with Crippen LogP contribution >= 0.6 is 7.82 Å². The van der Waals surface area contributed by atoms with Gasteiger partial charge in [-0.1, -0.05) is 103 Å². The molecular weight excluding hydrogens is 577 g/mol. The number of nitrogens with zero attached hydrogens (tertiary/aromatic N) is 1. The number of likely N-dealkylation sites (N-methyl/N-ethyl adjacent to an activating group) is 1. The molecule has 0 rings (SSSR count). The molecule has 256 valence electrons. The molecule has 0 heterocycles. The lowest BCUT2D eigenvalue weighted by atomic mass is 10.0. The van der Waals surface area contributed by atoms with Crippen LogP contribution in [0.5, 0.6) is 0 Å². The smallest absolute Gasteiger partial charge is 0.335 e. The van der Waals surface area contributed by atoms with Gasteiger partial charge in [-0.2, -0.15) is 0 Å². The molecule has 2 unspecified atom stereocenters. The number of aliphatic hydroxyl groups is 1. The van der Waals surface area contributed by atoms with Crippen molar-refractivity contribution >= 4 is 19.8 Å². The highest BCUT2D eigenvalue weighted by Crippen LogP contribution is 2.39. The second-order valence-corrected chi connectivity index (χ2v) is 13.8. The minimum absolute atomic E-state index is 0.101. The molecule has 0 aliphatic carbocycles. The number of aliphatic carboxylic acids is 1. The molecule has 0 radical (unpaired) electrons. The number of quaternary nitrogens is 1. The van der Waals surface area contributed by atoms with Gasteiger partial charge in [-0.25, -0.2) is 4.79 Å². The van der Waals surface area contributed by atoms with E-state index in [1.807, 2.05) is 21.1 Å². The van der Waals surface area contributed by atoms with Gasteiger partial charge in [0.15, 0.2) is 6.10 Å².